The minimum atomic E-state index is -0.686. The number of nitrogens with one attached hydrogen (secondary N) is 1. The number of barbiturate groups is 1. The van der Waals surface area contributed by atoms with Crippen LogP contribution in [0.2, 0.25) is 0 Å². The van der Waals surface area contributed by atoms with Crippen molar-refractivity contribution in [3.05, 3.63) is 0 Å². The molecule has 1 heterocycles. The van der Waals surface area contributed by atoms with Crippen LogP contribution in [0.1, 0.15) is 45.4 Å². The normalized spacial score (nSPS) is 25.7. The molecule has 1 saturated heterocycles. The van der Waals surface area contributed by atoms with E-state index in [1.807, 2.05) is 0 Å². The summed E-state index contributed by atoms with van der Waals surface area (Å²) < 4.78 is 0. The number of hydrogen-bond acceptors (Lipinski definition) is 3. The fourth-order valence-electron chi connectivity index (χ4n) is 2.68. The Labute approximate surface area is 129 Å². The van der Waals surface area contributed by atoms with E-state index in [4.69, 9.17) is 0 Å². The molecular weight excluding hydrogens is 243 g/mol. The molecule has 0 bridgehead atoms. The molecule has 0 aromatic carbocycles. The maximum absolute atomic E-state index is 12.1. The van der Waals surface area contributed by atoms with Gasteiger partial charge in [0.1, 0.15) is 5.92 Å². The Bertz CT molecular complexity index is 353. The van der Waals surface area contributed by atoms with Gasteiger partial charge in [0, 0.05) is 6.04 Å². The Kier molecular flexibility index (Phi) is 5.82. The zero-order valence-electron chi connectivity index (χ0n) is 10.1. The van der Waals surface area contributed by atoms with Crippen LogP contribution in [0, 0.1) is 5.92 Å². The van der Waals surface area contributed by atoms with Crippen molar-refractivity contribution in [3.8, 4) is 0 Å². The van der Waals surface area contributed by atoms with Gasteiger partial charge in [0.15, 0.2) is 0 Å². The predicted octanol–water partition coefficient (Wildman–Crippen LogP) is 0.775. The summed E-state index contributed by atoms with van der Waals surface area (Å²) in [5.74, 6) is -1.45. The first-order chi connectivity index (χ1) is 8.15. The molecule has 18 heavy (non-hydrogen) atoms. The van der Waals surface area contributed by atoms with Crippen LogP contribution in [0.4, 0.5) is 4.79 Å². The van der Waals surface area contributed by atoms with Gasteiger partial charge in [-0.2, -0.15) is 0 Å². The Morgan fingerprint density at radius 3 is 2.33 bits per heavy atom. The minimum absolute atomic E-state index is 0. The Morgan fingerprint density at radius 1 is 1.17 bits per heavy atom. The van der Waals surface area contributed by atoms with E-state index in [1.54, 1.807) is 6.92 Å². The van der Waals surface area contributed by atoms with Crippen LogP contribution in [0.25, 0.3) is 0 Å². The summed E-state index contributed by atoms with van der Waals surface area (Å²) in [7, 11) is 0. The molecule has 5 nitrogen and oxygen atoms in total. The SMILES string of the molecule is CCC1C(=O)NC(=O)N(C2CCCCC2)C1=O.[NaH]. The summed E-state index contributed by atoms with van der Waals surface area (Å²) in [6.45, 7) is 1.79. The molecule has 1 aliphatic carbocycles. The molecule has 2 aliphatic rings. The summed E-state index contributed by atoms with van der Waals surface area (Å²) in [5.41, 5.74) is 0. The molecule has 1 aliphatic heterocycles. The van der Waals surface area contributed by atoms with Gasteiger partial charge >= 0.3 is 35.6 Å². The number of urea groups is 1. The molecule has 2 fully saturated rings. The Morgan fingerprint density at radius 2 is 1.78 bits per heavy atom. The van der Waals surface area contributed by atoms with E-state index in [9.17, 15) is 14.4 Å². The molecule has 96 valence electrons. The van der Waals surface area contributed by atoms with Gasteiger partial charge in [0.25, 0.3) is 0 Å². The standard InChI is InChI=1S/C12H18N2O3.Na.H/c1-2-9-10(15)13-12(17)14(11(9)16)8-6-4-3-5-7-8;;/h8-9H,2-7H2,1H3,(H,13,15,17);;. The maximum atomic E-state index is 12.1. The van der Waals surface area contributed by atoms with Crippen molar-refractivity contribution in [3.63, 3.8) is 0 Å². The van der Waals surface area contributed by atoms with Gasteiger partial charge < -0.3 is 0 Å². The van der Waals surface area contributed by atoms with Gasteiger partial charge in [-0.15, -0.1) is 0 Å². The first-order valence-electron chi connectivity index (χ1n) is 6.33. The van der Waals surface area contributed by atoms with Crippen LogP contribution in [0.15, 0.2) is 0 Å². The predicted molar refractivity (Wildman–Crippen MR) is 68.2 cm³/mol. The monoisotopic (exact) mass is 262 g/mol. The van der Waals surface area contributed by atoms with Gasteiger partial charge in [0.05, 0.1) is 0 Å². The van der Waals surface area contributed by atoms with E-state index in [0.29, 0.717) is 6.42 Å². The van der Waals surface area contributed by atoms with E-state index in [0.717, 1.165) is 32.1 Å². The van der Waals surface area contributed by atoms with Crippen molar-refractivity contribution in [2.24, 2.45) is 5.92 Å². The third-order valence-corrected chi connectivity index (χ3v) is 3.65. The third-order valence-electron chi connectivity index (χ3n) is 3.65. The summed E-state index contributed by atoms with van der Waals surface area (Å²) in [4.78, 5) is 36.7. The molecule has 0 radical (unpaired) electrons. The number of hydrogen-bond donors (Lipinski definition) is 1. The molecule has 0 spiro atoms. The molecule has 2 rings (SSSR count). The van der Waals surface area contributed by atoms with Crippen LogP contribution < -0.4 is 5.32 Å². The van der Waals surface area contributed by atoms with E-state index in [-0.39, 0.29) is 41.5 Å². The van der Waals surface area contributed by atoms with Gasteiger partial charge in [-0.25, -0.2) is 4.79 Å². The van der Waals surface area contributed by atoms with E-state index >= 15 is 0 Å². The van der Waals surface area contributed by atoms with Crippen molar-refractivity contribution in [1.29, 1.82) is 0 Å². The molecule has 0 aromatic heterocycles. The van der Waals surface area contributed by atoms with Crippen molar-refractivity contribution in [2.75, 3.05) is 0 Å². The topological polar surface area (TPSA) is 66.5 Å². The van der Waals surface area contributed by atoms with Gasteiger partial charge in [-0.05, 0) is 19.3 Å². The zero-order chi connectivity index (χ0) is 12.4. The summed E-state index contributed by atoms with van der Waals surface area (Å²) in [6, 6.07) is -0.546. The molecule has 1 N–H and O–H groups in total. The molecular formula is C12H19N2NaO3. The number of imide groups is 2. The number of rotatable bonds is 2. The molecule has 1 atom stereocenters. The second-order valence-corrected chi connectivity index (χ2v) is 4.76. The fraction of sp³-hybridized carbons (Fsp3) is 0.750. The molecule has 1 unspecified atom stereocenters. The number of amides is 4. The zero-order valence-corrected chi connectivity index (χ0v) is 10.1. The summed E-state index contributed by atoms with van der Waals surface area (Å²) in [5, 5.41) is 2.29. The van der Waals surface area contributed by atoms with Crippen molar-refractivity contribution < 1.29 is 14.4 Å². The van der Waals surface area contributed by atoms with Crippen LogP contribution >= 0.6 is 0 Å². The molecule has 6 heteroatoms. The molecule has 1 saturated carbocycles. The first kappa shape index (κ1) is 15.7. The molecule has 0 aromatic rings. The van der Waals surface area contributed by atoms with E-state index in [2.05, 4.69) is 5.32 Å². The third kappa shape index (κ3) is 2.95. The average molecular weight is 262 g/mol. The second-order valence-electron chi connectivity index (χ2n) is 4.76. The summed E-state index contributed by atoms with van der Waals surface area (Å²) >= 11 is 0. The Balaban J connectivity index is 0.00000162. The average Bonchev–Trinajstić information content (AvgIpc) is 2.30. The van der Waals surface area contributed by atoms with Crippen LogP contribution in [0.3, 0.4) is 0 Å². The first-order valence-corrected chi connectivity index (χ1v) is 6.33. The van der Waals surface area contributed by atoms with Crippen molar-refractivity contribution in [2.45, 2.75) is 51.5 Å². The molecule has 4 amide bonds. The number of nitrogens with zero attached hydrogens (tertiary/aromatic N) is 1. The number of carbonyl (C=O) groups excluding carboxylic acids is 3. The van der Waals surface area contributed by atoms with Crippen molar-refractivity contribution >= 4 is 47.4 Å². The van der Waals surface area contributed by atoms with E-state index < -0.39 is 17.9 Å². The van der Waals surface area contributed by atoms with E-state index in [1.165, 1.54) is 4.90 Å². The fourth-order valence-corrected chi connectivity index (χ4v) is 2.68. The van der Waals surface area contributed by atoms with Crippen LogP contribution in [0.5, 0.6) is 0 Å². The van der Waals surface area contributed by atoms with Gasteiger partial charge in [-0.3, -0.25) is 19.8 Å². The van der Waals surface area contributed by atoms with Crippen LogP contribution in [-0.4, -0.2) is 58.3 Å². The van der Waals surface area contributed by atoms with Crippen molar-refractivity contribution in [1.82, 2.24) is 10.2 Å². The second kappa shape index (κ2) is 6.68. The summed E-state index contributed by atoms with van der Waals surface area (Å²) in [6.07, 6.45) is 5.43. The number of carbonyl (C=O) groups is 3. The van der Waals surface area contributed by atoms with Gasteiger partial charge in [-0.1, -0.05) is 26.2 Å². The van der Waals surface area contributed by atoms with Crippen LogP contribution in [-0.2, 0) is 9.59 Å². The quantitative estimate of drug-likeness (QED) is 0.590. The Hall–Kier alpha value is -0.390. The van der Waals surface area contributed by atoms with Gasteiger partial charge in [0.2, 0.25) is 11.8 Å².